The van der Waals surface area contributed by atoms with Gasteiger partial charge in [0.05, 0.1) is 0 Å². The molecule has 5 heteroatoms. The van der Waals surface area contributed by atoms with Crippen LogP contribution in [0.5, 0.6) is 0 Å². The first kappa shape index (κ1) is 20.9. The van der Waals surface area contributed by atoms with Gasteiger partial charge >= 0.3 is 11.8 Å². The SMILES string of the molecule is Cc1cc(C)cc(NC(=O)C(=O)NCCc2ccc(N3CCCCCC3)cc2)c1. The number of anilines is 2. The van der Waals surface area contributed by atoms with Crippen molar-refractivity contribution in [1.82, 2.24) is 5.32 Å². The summed E-state index contributed by atoms with van der Waals surface area (Å²) in [6.45, 7) is 6.61. The zero-order valence-electron chi connectivity index (χ0n) is 17.5. The third-order valence-corrected chi connectivity index (χ3v) is 5.29. The number of amides is 2. The first-order chi connectivity index (χ1) is 14.0. The molecule has 0 atom stereocenters. The molecule has 2 aromatic rings. The lowest BCUT2D eigenvalue weighted by atomic mass is 10.1. The van der Waals surface area contributed by atoms with Crippen molar-refractivity contribution in [3.63, 3.8) is 0 Å². The van der Waals surface area contributed by atoms with E-state index in [9.17, 15) is 9.59 Å². The molecule has 2 amide bonds. The lowest BCUT2D eigenvalue weighted by molar-refractivity contribution is -0.136. The minimum Gasteiger partial charge on any atom is -0.372 e. The average Bonchev–Trinajstić information content (AvgIpc) is 2.97. The molecule has 0 aliphatic carbocycles. The quantitative estimate of drug-likeness (QED) is 0.756. The second-order valence-corrected chi connectivity index (χ2v) is 7.90. The molecule has 1 saturated heterocycles. The van der Waals surface area contributed by atoms with Crippen molar-refractivity contribution in [3.05, 3.63) is 59.2 Å². The molecule has 1 fully saturated rings. The fraction of sp³-hybridized carbons (Fsp3) is 0.417. The van der Waals surface area contributed by atoms with E-state index in [1.165, 1.54) is 31.4 Å². The van der Waals surface area contributed by atoms with E-state index in [1.54, 1.807) is 0 Å². The van der Waals surface area contributed by atoms with Crippen LogP contribution in [0.1, 0.15) is 42.4 Å². The van der Waals surface area contributed by atoms with E-state index in [2.05, 4.69) is 39.8 Å². The number of carbonyl (C=O) groups is 2. The van der Waals surface area contributed by atoms with Gasteiger partial charge in [0.1, 0.15) is 0 Å². The number of nitrogens with one attached hydrogen (secondary N) is 2. The largest absolute Gasteiger partial charge is 0.372 e. The zero-order chi connectivity index (χ0) is 20.6. The summed E-state index contributed by atoms with van der Waals surface area (Å²) in [6, 6.07) is 14.3. The smallest absolute Gasteiger partial charge is 0.313 e. The van der Waals surface area contributed by atoms with Crippen molar-refractivity contribution in [1.29, 1.82) is 0 Å². The summed E-state index contributed by atoms with van der Waals surface area (Å²) in [4.78, 5) is 26.6. The normalized spacial score (nSPS) is 14.2. The molecule has 2 aromatic carbocycles. The maximum Gasteiger partial charge on any atom is 0.313 e. The maximum atomic E-state index is 12.1. The van der Waals surface area contributed by atoms with Crippen molar-refractivity contribution in [2.75, 3.05) is 29.9 Å². The predicted octanol–water partition coefficient (Wildman–Crippen LogP) is 3.98. The molecule has 0 saturated carbocycles. The summed E-state index contributed by atoms with van der Waals surface area (Å²) >= 11 is 0. The van der Waals surface area contributed by atoms with Gasteiger partial charge < -0.3 is 15.5 Å². The maximum absolute atomic E-state index is 12.1. The van der Waals surface area contributed by atoms with Crippen molar-refractivity contribution >= 4 is 23.2 Å². The molecular weight excluding hydrogens is 362 g/mol. The van der Waals surface area contributed by atoms with Gasteiger partial charge in [0.2, 0.25) is 0 Å². The molecule has 0 bridgehead atoms. The standard InChI is InChI=1S/C24H31N3O2/c1-18-15-19(2)17-21(16-18)26-24(29)23(28)25-12-11-20-7-9-22(10-8-20)27-13-5-3-4-6-14-27/h7-10,15-17H,3-6,11-14H2,1-2H3,(H,25,28)(H,26,29). The lowest BCUT2D eigenvalue weighted by Gasteiger charge is -2.22. The minimum absolute atomic E-state index is 0.433. The number of aryl methyl sites for hydroxylation is 2. The van der Waals surface area contributed by atoms with E-state index in [4.69, 9.17) is 0 Å². The molecule has 0 spiro atoms. The number of hydrogen-bond donors (Lipinski definition) is 2. The summed E-state index contributed by atoms with van der Waals surface area (Å²) in [7, 11) is 0. The summed E-state index contributed by atoms with van der Waals surface area (Å²) in [6.07, 6.45) is 5.87. The Morgan fingerprint density at radius 3 is 2.10 bits per heavy atom. The first-order valence-corrected chi connectivity index (χ1v) is 10.5. The van der Waals surface area contributed by atoms with Gasteiger partial charge in [-0.1, -0.05) is 31.0 Å². The van der Waals surface area contributed by atoms with Gasteiger partial charge in [0.25, 0.3) is 0 Å². The Bertz CT molecular complexity index is 817. The number of nitrogens with zero attached hydrogens (tertiary/aromatic N) is 1. The molecular formula is C24H31N3O2. The highest BCUT2D eigenvalue weighted by Gasteiger charge is 2.14. The molecule has 0 unspecified atom stereocenters. The molecule has 1 aliphatic heterocycles. The van der Waals surface area contributed by atoms with E-state index in [0.29, 0.717) is 18.7 Å². The Morgan fingerprint density at radius 2 is 1.48 bits per heavy atom. The zero-order valence-corrected chi connectivity index (χ0v) is 17.5. The van der Waals surface area contributed by atoms with Crippen LogP contribution in [0, 0.1) is 13.8 Å². The molecule has 2 N–H and O–H groups in total. The number of rotatable bonds is 5. The minimum atomic E-state index is -0.633. The Hall–Kier alpha value is -2.82. The Morgan fingerprint density at radius 1 is 0.862 bits per heavy atom. The molecule has 154 valence electrons. The molecule has 5 nitrogen and oxygen atoms in total. The van der Waals surface area contributed by atoms with Crippen LogP contribution < -0.4 is 15.5 Å². The van der Waals surface area contributed by atoms with Crippen molar-refractivity contribution in [3.8, 4) is 0 Å². The fourth-order valence-corrected chi connectivity index (χ4v) is 3.84. The van der Waals surface area contributed by atoms with Crippen LogP contribution in [0.4, 0.5) is 11.4 Å². The van der Waals surface area contributed by atoms with Gasteiger partial charge in [-0.3, -0.25) is 9.59 Å². The molecule has 3 rings (SSSR count). The van der Waals surface area contributed by atoms with Crippen LogP contribution in [0.3, 0.4) is 0 Å². The van der Waals surface area contributed by atoms with Crippen LogP contribution in [-0.2, 0) is 16.0 Å². The Labute approximate surface area is 173 Å². The number of hydrogen-bond acceptors (Lipinski definition) is 3. The molecule has 1 aliphatic rings. The Balaban J connectivity index is 1.45. The second kappa shape index (κ2) is 10.1. The average molecular weight is 394 g/mol. The highest BCUT2D eigenvalue weighted by molar-refractivity contribution is 6.39. The number of carbonyl (C=O) groups excluding carboxylic acids is 2. The van der Waals surface area contributed by atoms with Gasteiger partial charge in [0, 0.05) is 31.0 Å². The van der Waals surface area contributed by atoms with E-state index < -0.39 is 11.8 Å². The van der Waals surface area contributed by atoms with Crippen LogP contribution in [-0.4, -0.2) is 31.4 Å². The van der Waals surface area contributed by atoms with Crippen LogP contribution in [0.15, 0.2) is 42.5 Å². The van der Waals surface area contributed by atoms with Gasteiger partial charge in [-0.05, 0) is 74.1 Å². The van der Waals surface area contributed by atoms with E-state index >= 15 is 0 Å². The first-order valence-electron chi connectivity index (χ1n) is 10.5. The van der Waals surface area contributed by atoms with Gasteiger partial charge in [-0.2, -0.15) is 0 Å². The van der Waals surface area contributed by atoms with E-state index in [0.717, 1.165) is 29.8 Å². The Kier molecular flexibility index (Phi) is 7.28. The van der Waals surface area contributed by atoms with Crippen molar-refractivity contribution < 1.29 is 9.59 Å². The van der Waals surface area contributed by atoms with E-state index in [-0.39, 0.29) is 0 Å². The fourth-order valence-electron chi connectivity index (χ4n) is 3.84. The topological polar surface area (TPSA) is 61.4 Å². The van der Waals surface area contributed by atoms with Gasteiger partial charge in [-0.25, -0.2) is 0 Å². The summed E-state index contributed by atoms with van der Waals surface area (Å²) in [5.41, 5.74) is 5.16. The van der Waals surface area contributed by atoms with Crippen molar-refractivity contribution in [2.45, 2.75) is 46.0 Å². The molecule has 29 heavy (non-hydrogen) atoms. The van der Waals surface area contributed by atoms with Crippen LogP contribution >= 0.6 is 0 Å². The summed E-state index contributed by atoms with van der Waals surface area (Å²) < 4.78 is 0. The van der Waals surface area contributed by atoms with Crippen LogP contribution in [0.25, 0.3) is 0 Å². The molecule has 0 aromatic heterocycles. The lowest BCUT2D eigenvalue weighted by Crippen LogP contribution is -2.36. The monoisotopic (exact) mass is 393 g/mol. The summed E-state index contributed by atoms with van der Waals surface area (Å²) in [5.74, 6) is -1.24. The van der Waals surface area contributed by atoms with Gasteiger partial charge in [0.15, 0.2) is 0 Å². The second-order valence-electron chi connectivity index (χ2n) is 7.90. The predicted molar refractivity (Wildman–Crippen MR) is 118 cm³/mol. The van der Waals surface area contributed by atoms with Gasteiger partial charge in [-0.15, -0.1) is 0 Å². The van der Waals surface area contributed by atoms with E-state index in [1.807, 2.05) is 32.0 Å². The third kappa shape index (κ3) is 6.34. The highest BCUT2D eigenvalue weighted by atomic mass is 16.2. The third-order valence-electron chi connectivity index (χ3n) is 5.29. The van der Waals surface area contributed by atoms with Crippen molar-refractivity contribution in [2.24, 2.45) is 0 Å². The summed E-state index contributed by atoms with van der Waals surface area (Å²) in [5, 5.41) is 5.37. The number of benzene rings is 2. The highest BCUT2D eigenvalue weighted by Crippen LogP contribution is 2.20. The van der Waals surface area contributed by atoms with Crippen LogP contribution in [0.2, 0.25) is 0 Å². The molecule has 0 radical (unpaired) electrons. The molecule has 1 heterocycles.